The first-order chi connectivity index (χ1) is 10.5. The molecular formula is C18H35BNO2. The number of unbranched alkanes of at least 4 members (excludes halogenated alkanes) is 9. The zero-order valence-electron chi connectivity index (χ0n) is 15.0. The van der Waals surface area contributed by atoms with Crippen LogP contribution in [0.5, 0.6) is 0 Å². The van der Waals surface area contributed by atoms with Crippen LogP contribution in [0.25, 0.3) is 0 Å². The second-order valence-electron chi connectivity index (χ2n) is 6.90. The zero-order valence-corrected chi connectivity index (χ0v) is 15.0. The molecule has 1 N–H and O–H groups in total. The molecule has 0 aliphatic heterocycles. The average molecular weight is 308 g/mol. The first-order valence-corrected chi connectivity index (χ1v) is 9.10. The van der Waals surface area contributed by atoms with Crippen molar-refractivity contribution in [3.05, 3.63) is 0 Å². The van der Waals surface area contributed by atoms with Gasteiger partial charge >= 0.3 is 0 Å². The maximum atomic E-state index is 12.0. The lowest BCUT2D eigenvalue weighted by Crippen LogP contribution is -2.38. The Kier molecular flexibility index (Phi) is 13.3. The molecule has 0 rings (SSSR count). The molecule has 1 amide bonds. The minimum Gasteiger partial charge on any atom is -0.356 e. The van der Waals surface area contributed by atoms with Crippen LogP contribution in [0.4, 0.5) is 0 Å². The van der Waals surface area contributed by atoms with Crippen LogP contribution < -0.4 is 5.32 Å². The number of amides is 1. The Balaban J connectivity index is 3.42. The molecule has 0 bridgehead atoms. The van der Waals surface area contributed by atoms with E-state index in [2.05, 4.69) is 12.2 Å². The molecule has 0 spiro atoms. The minimum absolute atomic E-state index is 0.0431. The summed E-state index contributed by atoms with van der Waals surface area (Å²) in [6, 6.07) is 0. The second kappa shape index (κ2) is 13.8. The smallest absolute Gasteiger partial charge is 0.224 e. The SMILES string of the molecule is CCCCCCCCCCCCNC(=O)C(C)(C)C[B]C=O. The maximum Gasteiger partial charge on any atom is 0.224 e. The molecule has 0 aliphatic carbocycles. The molecule has 0 unspecified atom stereocenters. The summed E-state index contributed by atoms with van der Waals surface area (Å²) in [6.07, 6.45) is 14.3. The van der Waals surface area contributed by atoms with E-state index in [9.17, 15) is 9.59 Å². The van der Waals surface area contributed by atoms with Crippen molar-refractivity contribution in [3.8, 4) is 0 Å². The van der Waals surface area contributed by atoms with E-state index in [4.69, 9.17) is 0 Å². The normalized spacial score (nSPS) is 11.2. The molecule has 4 heteroatoms. The van der Waals surface area contributed by atoms with E-state index in [1.165, 1.54) is 65.1 Å². The Morgan fingerprint density at radius 1 is 0.955 bits per heavy atom. The fourth-order valence-corrected chi connectivity index (χ4v) is 2.49. The predicted molar refractivity (Wildman–Crippen MR) is 95.9 cm³/mol. The summed E-state index contributed by atoms with van der Waals surface area (Å²) < 4.78 is 0. The highest BCUT2D eigenvalue weighted by Gasteiger charge is 2.26. The molecule has 22 heavy (non-hydrogen) atoms. The van der Waals surface area contributed by atoms with Crippen LogP contribution in [0.1, 0.15) is 85.0 Å². The van der Waals surface area contributed by atoms with E-state index in [0.29, 0.717) is 6.32 Å². The fourth-order valence-electron chi connectivity index (χ4n) is 2.49. The Hall–Kier alpha value is -0.795. The molecule has 0 atom stereocenters. The third-order valence-corrected chi connectivity index (χ3v) is 4.15. The van der Waals surface area contributed by atoms with E-state index in [1.807, 2.05) is 13.8 Å². The van der Waals surface area contributed by atoms with Gasteiger partial charge in [0, 0.05) is 12.0 Å². The molecule has 0 saturated carbocycles. The first-order valence-electron chi connectivity index (χ1n) is 9.10. The maximum absolute atomic E-state index is 12.0. The topological polar surface area (TPSA) is 46.2 Å². The Morgan fingerprint density at radius 3 is 1.95 bits per heavy atom. The molecule has 0 aliphatic rings. The average Bonchev–Trinajstić information content (AvgIpc) is 2.50. The molecule has 0 fully saturated rings. The summed E-state index contributed by atoms with van der Waals surface area (Å²) in [7, 11) is 1.51. The standard InChI is InChI=1S/C18H35BNO2/c1-4-5-6-7-8-9-10-11-12-13-14-20-17(22)18(2,3)15-19-16-21/h16H,4-15H2,1-3H3,(H,20,22). The molecule has 0 aromatic carbocycles. The number of hydrogen-bond donors (Lipinski definition) is 1. The molecule has 3 nitrogen and oxygen atoms in total. The van der Waals surface area contributed by atoms with Crippen LogP contribution in [0.15, 0.2) is 0 Å². The largest absolute Gasteiger partial charge is 0.356 e. The van der Waals surface area contributed by atoms with Crippen LogP contribution in [0.3, 0.4) is 0 Å². The summed E-state index contributed by atoms with van der Waals surface area (Å²) in [4.78, 5) is 22.3. The zero-order chi connectivity index (χ0) is 16.7. The van der Waals surface area contributed by atoms with Crippen LogP contribution in [-0.2, 0) is 9.59 Å². The molecule has 0 heterocycles. The first kappa shape index (κ1) is 21.2. The predicted octanol–water partition coefficient (Wildman–Crippen LogP) is 4.36. The van der Waals surface area contributed by atoms with Crippen molar-refractivity contribution < 1.29 is 9.59 Å². The van der Waals surface area contributed by atoms with Crippen molar-refractivity contribution in [1.29, 1.82) is 0 Å². The van der Waals surface area contributed by atoms with E-state index >= 15 is 0 Å². The molecule has 0 aromatic rings. The van der Waals surface area contributed by atoms with Crippen molar-refractivity contribution in [2.75, 3.05) is 6.54 Å². The van der Waals surface area contributed by atoms with Gasteiger partial charge < -0.3 is 10.1 Å². The molecule has 0 saturated heterocycles. The van der Waals surface area contributed by atoms with Crippen LogP contribution in [0, 0.1) is 5.41 Å². The highest BCUT2D eigenvalue weighted by Crippen LogP contribution is 2.20. The van der Waals surface area contributed by atoms with Crippen molar-refractivity contribution in [3.63, 3.8) is 0 Å². The number of carbonyl (C=O) groups excluding carboxylic acids is 2. The van der Waals surface area contributed by atoms with E-state index in [-0.39, 0.29) is 5.91 Å². The van der Waals surface area contributed by atoms with Crippen LogP contribution >= 0.6 is 0 Å². The monoisotopic (exact) mass is 308 g/mol. The summed E-state index contributed by atoms with van der Waals surface area (Å²) in [5.74, 6) is 0.0431. The fraction of sp³-hybridized carbons (Fsp3) is 0.889. The van der Waals surface area contributed by atoms with Gasteiger partial charge in [-0.1, -0.05) is 84.9 Å². The Morgan fingerprint density at radius 2 is 1.45 bits per heavy atom. The summed E-state index contributed by atoms with van der Waals surface area (Å²) >= 11 is 0. The van der Waals surface area contributed by atoms with Gasteiger partial charge in [-0.2, -0.15) is 0 Å². The minimum atomic E-state index is -0.487. The number of rotatable bonds is 15. The van der Waals surface area contributed by atoms with Gasteiger partial charge in [-0.05, 0) is 6.42 Å². The van der Waals surface area contributed by atoms with Gasteiger partial charge in [-0.25, -0.2) is 0 Å². The molecule has 127 valence electrons. The van der Waals surface area contributed by atoms with Gasteiger partial charge in [0.15, 0.2) is 7.28 Å². The van der Waals surface area contributed by atoms with Gasteiger partial charge in [0.2, 0.25) is 5.91 Å². The quantitative estimate of drug-likeness (QED) is 0.277. The molecule has 1 radical (unpaired) electrons. The summed E-state index contributed by atoms with van der Waals surface area (Å²) in [5, 5.41) is 2.98. The highest BCUT2D eigenvalue weighted by molar-refractivity contribution is 6.67. The van der Waals surface area contributed by atoms with Gasteiger partial charge in [0.1, 0.15) is 0 Å². The Bertz CT molecular complexity index is 293. The third kappa shape index (κ3) is 11.8. The third-order valence-electron chi connectivity index (χ3n) is 4.15. The van der Waals surface area contributed by atoms with Gasteiger partial charge in [-0.3, -0.25) is 4.79 Å². The van der Waals surface area contributed by atoms with Crippen LogP contribution in [-0.4, -0.2) is 25.9 Å². The van der Waals surface area contributed by atoms with Crippen LogP contribution in [0.2, 0.25) is 6.32 Å². The summed E-state index contributed by atoms with van der Waals surface area (Å²) in [6.45, 7) is 6.75. The van der Waals surface area contributed by atoms with E-state index < -0.39 is 5.41 Å². The Labute approximate surface area is 138 Å². The van der Waals surface area contributed by atoms with E-state index in [0.717, 1.165) is 19.2 Å². The van der Waals surface area contributed by atoms with E-state index in [1.54, 1.807) is 0 Å². The molecular weight excluding hydrogens is 273 g/mol. The molecule has 0 aromatic heterocycles. The van der Waals surface area contributed by atoms with Crippen molar-refractivity contribution in [2.45, 2.75) is 91.3 Å². The van der Waals surface area contributed by atoms with Gasteiger partial charge in [-0.15, -0.1) is 0 Å². The second-order valence-corrected chi connectivity index (χ2v) is 6.90. The van der Waals surface area contributed by atoms with Crippen molar-refractivity contribution in [2.24, 2.45) is 5.41 Å². The van der Waals surface area contributed by atoms with Gasteiger partial charge in [0.25, 0.3) is 0 Å². The van der Waals surface area contributed by atoms with Gasteiger partial charge in [0.05, 0.1) is 6.19 Å². The van der Waals surface area contributed by atoms with Crippen molar-refractivity contribution >= 4 is 19.4 Å². The lowest BCUT2D eigenvalue weighted by Gasteiger charge is -2.22. The summed E-state index contributed by atoms with van der Waals surface area (Å²) in [5.41, 5.74) is -0.487. The lowest BCUT2D eigenvalue weighted by molar-refractivity contribution is -0.128. The number of hydrogen-bond acceptors (Lipinski definition) is 2. The number of nitrogens with one attached hydrogen (secondary N) is 1. The lowest BCUT2D eigenvalue weighted by atomic mass is 9.65. The van der Waals surface area contributed by atoms with Crippen molar-refractivity contribution in [1.82, 2.24) is 5.32 Å². The highest BCUT2D eigenvalue weighted by atomic mass is 16.2. The number of carbonyl (C=O) groups is 2.